The minimum Gasteiger partial charge on any atom is -0.512 e. The zero-order chi connectivity index (χ0) is 11.4. The molecule has 0 bridgehead atoms. The van der Waals surface area contributed by atoms with E-state index in [1.807, 2.05) is 0 Å². The number of carbonyl (C=O) groups is 1. The van der Waals surface area contributed by atoms with Crippen LogP contribution in [-0.2, 0) is 4.79 Å². The molecule has 0 fully saturated rings. The second-order valence-electron chi connectivity index (χ2n) is 4.33. The fourth-order valence-electron chi connectivity index (χ4n) is 1.51. The van der Waals surface area contributed by atoms with E-state index < -0.39 is 5.97 Å². The van der Waals surface area contributed by atoms with Crippen LogP contribution >= 0.6 is 0 Å². The largest absolute Gasteiger partial charge is 0.512 e. The van der Waals surface area contributed by atoms with E-state index in [0.717, 1.165) is 25.3 Å². The fraction of sp³-hybridized carbons (Fsp3) is 0.545. The third-order valence-corrected chi connectivity index (χ3v) is 1.74. The maximum Gasteiger partial charge on any atom is 0.300 e. The summed E-state index contributed by atoms with van der Waals surface area (Å²) in [6, 6.07) is 0. The van der Waals surface area contributed by atoms with Crippen molar-refractivity contribution in [3.8, 4) is 0 Å². The number of allylic oxidation sites excluding steroid dienone is 3. The summed E-state index contributed by atoms with van der Waals surface area (Å²) in [7, 11) is 0. The Labute approximate surface area is 84.8 Å². The zero-order valence-corrected chi connectivity index (χ0v) is 9.00. The van der Waals surface area contributed by atoms with E-state index in [1.54, 1.807) is 6.08 Å². The Morgan fingerprint density at radius 1 is 1.50 bits per heavy atom. The fourth-order valence-corrected chi connectivity index (χ4v) is 1.51. The monoisotopic (exact) mass is 198 g/mol. The molecular formula is C11H18O3. The number of hydrogen-bond acceptors (Lipinski definition) is 2. The predicted molar refractivity (Wildman–Crippen MR) is 56.2 cm³/mol. The van der Waals surface area contributed by atoms with Crippen molar-refractivity contribution in [3.63, 3.8) is 0 Å². The molecule has 1 rings (SSSR count). The van der Waals surface area contributed by atoms with Gasteiger partial charge in [0.15, 0.2) is 0 Å². The van der Waals surface area contributed by atoms with Crippen LogP contribution in [0.5, 0.6) is 0 Å². The second-order valence-corrected chi connectivity index (χ2v) is 4.33. The zero-order valence-electron chi connectivity index (χ0n) is 9.00. The van der Waals surface area contributed by atoms with Gasteiger partial charge < -0.3 is 10.2 Å². The summed E-state index contributed by atoms with van der Waals surface area (Å²) >= 11 is 0. The Hall–Kier alpha value is -1.25. The molecule has 0 unspecified atom stereocenters. The van der Waals surface area contributed by atoms with E-state index in [1.165, 1.54) is 0 Å². The molecule has 0 aromatic rings. The highest BCUT2D eigenvalue weighted by Crippen LogP contribution is 2.35. The molecule has 2 N–H and O–H groups in total. The van der Waals surface area contributed by atoms with Crippen molar-refractivity contribution in [1.29, 1.82) is 0 Å². The summed E-state index contributed by atoms with van der Waals surface area (Å²) < 4.78 is 0. The quantitative estimate of drug-likeness (QED) is 0.629. The standard InChI is InChI=1S/C9H14O.C2H4O2/c1-7-4-8(10)6-9(2,3)5-7;1-2(3)4/h4,10H,1,5-6H2,2-3H3;1H3,(H,3,4). The molecule has 0 aliphatic heterocycles. The van der Waals surface area contributed by atoms with Gasteiger partial charge in [-0.15, -0.1) is 0 Å². The highest BCUT2D eigenvalue weighted by atomic mass is 16.4. The van der Waals surface area contributed by atoms with Crippen LogP contribution in [0.1, 0.15) is 33.6 Å². The average molecular weight is 198 g/mol. The predicted octanol–water partition coefficient (Wildman–Crippen LogP) is 2.90. The Balaban J connectivity index is 0.000000364. The van der Waals surface area contributed by atoms with Gasteiger partial charge in [-0.1, -0.05) is 26.0 Å². The first-order valence-electron chi connectivity index (χ1n) is 4.50. The molecule has 0 spiro atoms. The molecule has 0 heterocycles. The topological polar surface area (TPSA) is 57.5 Å². The molecule has 0 saturated heterocycles. The lowest BCUT2D eigenvalue weighted by Gasteiger charge is -2.28. The Morgan fingerprint density at radius 2 is 1.93 bits per heavy atom. The first-order valence-corrected chi connectivity index (χ1v) is 4.50. The lowest BCUT2D eigenvalue weighted by molar-refractivity contribution is -0.134. The number of carboxylic acid groups (broad SMARTS) is 1. The first-order chi connectivity index (χ1) is 6.23. The van der Waals surface area contributed by atoms with E-state index >= 15 is 0 Å². The van der Waals surface area contributed by atoms with Gasteiger partial charge in [0.1, 0.15) is 0 Å². The van der Waals surface area contributed by atoms with E-state index in [2.05, 4.69) is 20.4 Å². The van der Waals surface area contributed by atoms with Gasteiger partial charge in [-0.3, -0.25) is 4.79 Å². The summed E-state index contributed by atoms with van der Waals surface area (Å²) in [4.78, 5) is 9.00. The molecular weight excluding hydrogens is 180 g/mol. The molecule has 0 amide bonds. The van der Waals surface area contributed by atoms with Crippen molar-refractivity contribution >= 4 is 5.97 Å². The highest BCUT2D eigenvalue weighted by molar-refractivity contribution is 5.62. The molecule has 0 radical (unpaired) electrons. The molecule has 0 aromatic carbocycles. The molecule has 3 nitrogen and oxygen atoms in total. The molecule has 0 atom stereocenters. The van der Waals surface area contributed by atoms with Crippen LogP contribution in [0.25, 0.3) is 0 Å². The second kappa shape index (κ2) is 4.84. The number of aliphatic hydroxyl groups excluding tert-OH is 1. The molecule has 0 saturated carbocycles. The Kier molecular flexibility index (Phi) is 4.41. The van der Waals surface area contributed by atoms with Gasteiger partial charge in [-0.2, -0.15) is 0 Å². The van der Waals surface area contributed by atoms with Crippen LogP contribution in [0.3, 0.4) is 0 Å². The number of carboxylic acids is 1. The minimum absolute atomic E-state index is 0.204. The van der Waals surface area contributed by atoms with E-state index in [0.29, 0.717) is 5.76 Å². The molecule has 1 aliphatic carbocycles. The van der Waals surface area contributed by atoms with Crippen molar-refractivity contribution in [1.82, 2.24) is 0 Å². The summed E-state index contributed by atoms with van der Waals surface area (Å²) in [5.74, 6) is -0.360. The third-order valence-electron chi connectivity index (χ3n) is 1.74. The van der Waals surface area contributed by atoms with Gasteiger partial charge in [-0.25, -0.2) is 0 Å². The van der Waals surface area contributed by atoms with Crippen molar-refractivity contribution < 1.29 is 15.0 Å². The van der Waals surface area contributed by atoms with Crippen LogP contribution in [-0.4, -0.2) is 16.2 Å². The molecule has 0 aromatic heterocycles. The van der Waals surface area contributed by atoms with Gasteiger partial charge >= 0.3 is 0 Å². The van der Waals surface area contributed by atoms with Crippen molar-refractivity contribution in [3.05, 3.63) is 24.0 Å². The normalized spacial score (nSPS) is 19.1. The van der Waals surface area contributed by atoms with Crippen LogP contribution in [0.4, 0.5) is 0 Å². The van der Waals surface area contributed by atoms with Crippen molar-refractivity contribution in [2.75, 3.05) is 0 Å². The molecule has 80 valence electrons. The minimum atomic E-state index is -0.833. The Morgan fingerprint density at radius 3 is 2.21 bits per heavy atom. The van der Waals surface area contributed by atoms with Crippen LogP contribution in [0, 0.1) is 5.41 Å². The number of aliphatic carboxylic acids is 1. The number of rotatable bonds is 0. The van der Waals surface area contributed by atoms with E-state index in [-0.39, 0.29) is 5.41 Å². The summed E-state index contributed by atoms with van der Waals surface area (Å²) in [6.45, 7) is 9.19. The van der Waals surface area contributed by atoms with Crippen LogP contribution < -0.4 is 0 Å². The van der Waals surface area contributed by atoms with Gasteiger partial charge in [-0.05, 0) is 17.9 Å². The van der Waals surface area contributed by atoms with Gasteiger partial charge in [0.2, 0.25) is 0 Å². The van der Waals surface area contributed by atoms with Crippen molar-refractivity contribution in [2.45, 2.75) is 33.6 Å². The number of aliphatic hydroxyl groups is 1. The average Bonchev–Trinajstić information content (AvgIpc) is 1.76. The Bertz CT molecular complexity index is 258. The first kappa shape index (κ1) is 12.8. The van der Waals surface area contributed by atoms with Gasteiger partial charge in [0.25, 0.3) is 5.97 Å². The van der Waals surface area contributed by atoms with E-state index in [9.17, 15) is 5.11 Å². The maximum absolute atomic E-state index is 9.22. The van der Waals surface area contributed by atoms with Gasteiger partial charge in [0.05, 0.1) is 5.76 Å². The third kappa shape index (κ3) is 6.29. The van der Waals surface area contributed by atoms with Gasteiger partial charge in [0, 0.05) is 13.3 Å². The summed E-state index contributed by atoms with van der Waals surface area (Å²) in [5.41, 5.74) is 1.24. The maximum atomic E-state index is 9.22. The highest BCUT2D eigenvalue weighted by Gasteiger charge is 2.23. The lowest BCUT2D eigenvalue weighted by Crippen LogP contribution is -2.16. The molecule has 14 heavy (non-hydrogen) atoms. The molecule has 3 heteroatoms. The summed E-state index contributed by atoms with van der Waals surface area (Å²) in [6.07, 6.45) is 3.55. The lowest BCUT2D eigenvalue weighted by atomic mass is 9.78. The summed E-state index contributed by atoms with van der Waals surface area (Å²) in [5, 5.41) is 16.6. The molecule has 1 aliphatic rings. The SMILES string of the molecule is C=C1C=C(O)CC(C)(C)C1.CC(=O)O. The van der Waals surface area contributed by atoms with E-state index in [4.69, 9.17) is 9.90 Å². The van der Waals surface area contributed by atoms with Crippen molar-refractivity contribution in [2.24, 2.45) is 5.41 Å². The smallest absolute Gasteiger partial charge is 0.300 e. The van der Waals surface area contributed by atoms with Crippen LogP contribution in [0.2, 0.25) is 0 Å². The number of hydrogen-bond donors (Lipinski definition) is 2. The van der Waals surface area contributed by atoms with Crippen LogP contribution in [0.15, 0.2) is 24.0 Å².